The van der Waals surface area contributed by atoms with E-state index in [1.54, 1.807) is 0 Å². The van der Waals surface area contributed by atoms with Crippen LogP contribution in [0.5, 0.6) is 0 Å². The molecule has 0 bridgehead atoms. The van der Waals surface area contributed by atoms with Gasteiger partial charge in [-0.25, -0.2) is 0 Å². The highest BCUT2D eigenvalue weighted by Gasteiger charge is 2.30. The van der Waals surface area contributed by atoms with E-state index in [4.69, 9.17) is 4.74 Å². The number of ether oxygens (including phenoxy) is 1. The third-order valence-corrected chi connectivity index (χ3v) is 5.83. The van der Waals surface area contributed by atoms with Gasteiger partial charge in [0.15, 0.2) is 0 Å². The summed E-state index contributed by atoms with van der Waals surface area (Å²) in [5.41, 5.74) is 0. The van der Waals surface area contributed by atoms with Crippen molar-refractivity contribution in [3.05, 3.63) is 12.2 Å². The lowest BCUT2D eigenvalue weighted by Gasteiger charge is -2.37. The van der Waals surface area contributed by atoms with Crippen LogP contribution in [0.4, 0.5) is 0 Å². The molecule has 122 valence electrons. The highest BCUT2D eigenvalue weighted by molar-refractivity contribution is 4.86. The topological polar surface area (TPSA) is 9.23 Å². The average Bonchev–Trinajstić information content (AvgIpc) is 2.54. The summed E-state index contributed by atoms with van der Waals surface area (Å²) in [6, 6.07) is 0. The van der Waals surface area contributed by atoms with Crippen LogP contribution in [0.1, 0.15) is 84.5 Å². The summed E-state index contributed by atoms with van der Waals surface area (Å²) in [6.45, 7) is 5.38. The van der Waals surface area contributed by atoms with E-state index in [0.717, 1.165) is 24.4 Å². The van der Waals surface area contributed by atoms with Gasteiger partial charge in [0.1, 0.15) is 0 Å². The molecule has 0 atom stereocenters. The maximum absolute atomic E-state index is 6.01. The van der Waals surface area contributed by atoms with E-state index in [0.29, 0.717) is 6.10 Å². The Bertz CT molecular complexity index is 280. The second-order valence-electron chi connectivity index (χ2n) is 7.35. The highest BCUT2D eigenvalue weighted by atomic mass is 16.5. The Morgan fingerprint density at radius 3 is 2.10 bits per heavy atom. The molecule has 0 radical (unpaired) electrons. The first-order chi connectivity index (χ1) is 10.3. The van der Waals surface area contributed by atoms with Crippen molar-refractivity contribution in [1.29, 1.82) is 0 Å². The number of rotatable bonds is 7. The molecule has 2 saturated carbocycles. The van der Waals surface area contributed by atoms with Gasteiger partial charge in [0, 0.05) is 6.61 Å². The molecule has 0 N–H and O–H groups in total. The van der Waals surface area contributed by atoms with E-state index in [-0.39, 0.29) is 0 Å². The molecule has 0 aliphatic heterocycles. The summed E-state index contributed by atoms with van der Waals surface area (Å²) in [4.78, 5) is 0. The van der Waals surface area contributed by atoms with Crippen LogP contribution in [0.25, 0.3) is 0 Å². The van der Waals surface area contributed by atoms with Crippen LogP contribution in [0.15, 0.2) is 12.2 Å². The summed E-state index contributed by atoms with van der Waals surface area (Å²) in [7, 11) is 0. The molecule has 2 fully saturated rings. The van der Waals surface area contributed by atoms with Crippen molar-refractivity contribution in [2.24, 2.45) is 17.8 Å². The minimum absolute atomic E-state index is 0.582. The predicted octanol–water partition coefficient (Wildman–Crippen LogP) is 6.13. The summed E-state index contributed by atoms with van der Waals surface area (Å²) < 4.78 is 6.01. The Labute approximate surface area is 132 Å². The van der Waals surface area contributed by atoms with Crippen molar-refractivity contribution in [2.45, 2.75) is 90.6 Å². The molecule has 0 saturated heterocycles. The quantitative estimate of drug-likeness (QED) is 0.405. The van der Waals surface area contributed by atoms with Gasteiger partial charge in [-0.2, -0.15) is 0 Å². The maximum Gasteiger partial charge on any atom is 0.0575 e. The van der Waals surface area contributed by atoms with Crippen molar-refractivity contribution in [3.8, 4) is 0 Å². The Hall–Kier alpha value is -0.300. The van der Waals surface area contributed by atoms with Crippen LogP contribution in [0.2, 0.25) is 0 Å². The molecule has 21 heavy (non-hydrogen) atoms. The van der Waals surface area contributed by atoms with Crippen molar-refractivity contribution < 1.29 is 4.74 Å². The van der Waals surface area contributed by atoms with E-state index in [1.165, 1.54) is 70.6 Å². The first kappa shape index (κ1) is 17.1. The smallest absolute Gasteiger partial charge is 0.0575 e. The third-order valence-electron chi connectivity index (χ3n) is 5.83. The van der Waals surface area contributed by atoms with Gasteiger partial charge in [-0.15, -0.1) is 0 Å². The zero-order chi connectivity index (χ0) is 14.9. The molecule has 0 aromatic carbocycles. The molecular formula is C20H36O. The fourth-order valence-electron chi connectivity index (χ4n) is 4.34. The summed E-state index contributed by atoms with van der Waals surface area (Å²) in [5, 5.41) is 0. The van der Waals surface area contributed by atoms with Crippen molar-refractivity contribution in [1.82, 2.24) is 0 Å². The van der Waals surface area contributed by atoms with Crippen molar-refractivity contribution in [2.75, 3.05) is 6.61 Å². The van der Waals surface area contributed by atoms with Crippen LogP contribution in [0.3, 0.4) is 0 Å². The Kier molecular flexibility index (Phi) is 7.85. The lowest BCUT2D eigenvalue weighted by Crippen LogP contribution is -2.28. The first-order valence-corrected chi connectivity index (χ1v) is 9.56. The largest absolute Gasteiger partial charge is 0.378 e. The number of hydrogen-bond donors (Lipinski definition) is 0. The third kappa shape index (κ3) is 5.77. The van der Waals surface area contributed by atoms with E-state index in [9.17, 15) is 0 Å². The summed E-state index contributed by atoms with van der Waals surface area (Å²) in [6.07, 6.45) is 20.4. The second-order valence-corrected chi connectivity index (χ2v) is 7.35. The zero-order valence-electron chi connectivity index (χ0n) is 14.4. The number of hydrogen-bond acceptors (Lipinski definition) is 1. The predicted molar refractivity (Wildman–Crippen MR) is 91.5 cm³/mol. The molecule has 0 aromatic rings. The normalized spacial score (nSPS) is 34.4. The molecule has 0 aromatic heterocycles. The molecule has 0 heterocycles. The minimum Gasteiger partial charge on any atom is -0.378 e. The van der Waals surface area contributed by atoms with E-state index in [1.807, 2.05) is 0 Å². The minimum atomic E-state index is 0.582. The first-order valence-electron chi connectivity index (χ1n) is 9.56. The zero-order valence-corrected chi connectivity index (χ0v) is 14.4. The molecule has 2 rings (SSSR count). The SMILES string of the molecule is CC=CCC1CCC(C2CCC(OCCCC)CC2)CC1. The van der Waals surface area contributed by atoms with E-state index < -0.39 is 0 Å². The molecule has 1 heteroatoms. The standard InChI is InChI=1S/C20H36O/c1-3-5-7-17-8-10-18(11-9-17)19-12-14-20(15-13-19)21-16-6-4-2/h3,5,17-20H,4,6-16H2,1-2H3. The monoisotopic (exact) mass is 292 g/mol. The lowest BCUT2D eigenvalue weighted by molar-refractivity contribution is 0.00595. The molecule has 0 amide bonds. The van der Waals surface area contributed by atoms with E-state index in [2.05, 4.69) is 26.0 Å². The van der Waals surface area contributed by atoms with Crippen LogP contribution >= 0.6 is 0 Å². The molecule has 0 unspecified atom stereocenters. The molecular weight excluding hydrogens is 256 g/mol. The molecule has 1 nitrogen and oxygen atoms in total. The molecule has 0 spiro atoms. The van der Waals surface area contributed by atoms with Gasteiger partial charge < -0.3 is 4.74 Å². The fourth-order valence-corrected chi connectivity index (χ4v) is 4.34. The van der Waals surface area contributed by atoms with Gasteiger partial charge in [0.05, 0.1) is 6.10 Å². The van der Waals surface area contributed by atoms with Crippen LogP contribution in [0, 0.1) is 17.8 Å². The van der Waals surface area contributed by atoms with Crippen LogP contribution in [-0.4, -0.2) is 12.7 Å². The van der Waals surface area contributed by atoms with Gasteiger partial charge >= 0.3 is 0 Å². The van der Waals surface area contributed by atoms with Crippen molar-refractivity contribution >= 4 is 0 Å². The van der Waals surface area contributed by atoms with Crippen LogP contribution in [-0.2, 0) is 4.74 Å². The number of unbranched alkanes of at least 4 members (excludes halogenated alkanes) is 1. The van der Waals surface area contributed by atoms with Gasteiger partial charge in [0.2, 0.25) is 0 Å². The van der Waals surface area contributed by atoms with Crippen LogP contribution < -0.4 is 0 Å². The second kappa shape index (κ2) is 9.66. The van der Waals surface area contributed by atoms with Gasteiger partial charge in [-0.05, 0) is 88.9 Å². The van der Waals surface area contributed by atoms with Crippen molar-refractivity contribution in [3.63, 3.8) is 0 Å². The van der Waals surface area contributed by atoms with Gasteiger partial charge in [-0.3, -0.25) is 0 Å². The summed E-state index contributed by atoms with van der Waals surface area (Å²) in [5.74, 6) is 3.02. The lowest BCUT2D eigenvalue weighted by atomic mass is 9.70. The van der Waals surface area contributed by atoms with E-state index >= 15 is 0 Å². The summed E-state index contributed by atoms with van der Waals surface area (Å²) >= 11 is 0. The Balaban J connectivity index is 1.62. The van der Waals surface area contributed by atoms with Gasteiger partial charge in [-0.1, -0.05) is 25.5 Å². The molecule has 2 aliphatic carbocycles. The number of allylic oxidation sites excluding steroid dienone is 2. The fraction of sp³-hybridized carbons (Fsp3) is 0.900. The Morgan fingerprint density at radius 1 is 0.905 bits per heavy atom. The average molecular weight is 293 g/mol. The highest BCUT2D eigenvalue weighted by Crippen LogP contribution is 2.41. The molecule has 2 aliphatic rings. The van der Waals surface area contributed by atoms with Gasteiger partial charge in [0.25, 0.3) is 0 Å². The Morgan fingerprint density at radius 2 is 1.52 bits per heavy atom. The maximum atomic E-state index is 6.01.